The van der Waals surface area contributed by atoms with Gasteiger partial charge in [0.1, 0.15) is 5.75 Å². The molecular formula is C21H19N3O3. The van der Waals surface area contributed by atoms with Gasteiger partial charge in [0.15, 0.2) is 5.52 Å². The van der Waals surface area contributed by atoms with Crippen molar-refractivity contribution < 1.29 is 10.0 Å². The van der Waals surface area contributed by atoms with Crippen LogP contribution < -0.4 is 4.90 Å². The Hall–Kier alpha value is -3.41. The van der Waals surface area contributed by atoms with Crippen molar-refractivity contribution in [3.05, 3.63) is 76.0 Å². The maximum absolute atomic E-state index is 11.4. The number of nitro groups is 1. The third kappa shape index (κ3) is 3.21. The van der Waals surface area contributed by atoms with Crippen LogP contribution >= 0.6 is 0 Å². The maximum Gasteiger partial charge on any atom is 0.295 e. The van der Waals surface area contributed by atoms with E-state index in [4.69, 9.17) is 0 Å². The highest BCUT2D eigenvalue weighted by atomic mass is 16.6. The summed E-state index contributed by atoms with van der Waals surface area (Å²) in [6.45, 7) is 3.40. The van der Waals surface area contributed by atoms with Gasteiger partial charge in [-0.1, -0.05) is 30.3 Å². The third-order valence-electron chi connectivity index (χ3n) is 4.91. The lowest BCUT2D eigenvalue weighted by molar-refractivity contribution is -0.383. The Morgan fingerprint density at radius 1 is 1.19 bits per heavy atom. The van der Waals surface area contributed by atoms with Gasteiger partial charge >= 0.3 is 0 Å². The molecule has 2 aromatic carbocycles. The van der Waals surface area contributed by atoms with E-state index in [1.807, 2.05) is 31.2 Å². The molecule has 0 atom stereocenters. The predicted octanol–water partition coefficient (Wildman–Crippen LogP) is 4.45. The molecule has 136 valence electrons. The van der Waals surface area contributed by atoms with Crippen LogP contribution in [0.2, 0.25) is 0 Å². The molecule has 2 heterocycles. The predicted molar refractivity (Wildman–Crippen MR) is 106 cm³/mol. The summed E-state index contributed by atoms with van der Waals surface area (Å²) in [5, 5.41) is 21.6. The minimum Gasteiger partial charge on any atom is -0.508 e. The molecule has 27 heavy (non-hydrogen) atoms. The van der Waals surface area contributed by atoms with Gasteiger partial charge in [0.05, 0.1) is 4.92 Å². The normalized spacial score (nSPS) is 14.3. The topological polar surface area (TPSA) is 79.5 Å². The Kier molecular flexibility index (Phi) is 4.24. The molecule has 4 rings (SSSR count). The van der Waals surface area contributed by atoms with Crippen LogP contribution in [0.5, 0.6) is 5.75 Å². The van der Waals surface area contributed by atoms with E-state index in [0.717, 1.165) is 41.8 Å². The number of aromatic hydroxyl groups is 1. The summed E-state index contributed by atoms with van der Waals surface area (Å²) in [6, 6.07) is 14.3. The zero-order chi connectivity index (χ0) is 19.0. The van der Waals surface area contributed by atoms with Gasteiger partial charge in [-0.05, 0) is 42.7 Å². The molecule has 0 amide bonds. The molecule has 1 aliphatic rings. The van der Waals surface area contributed by atoms with Crippen LogP contribution in [-0.2, 0) is 0 Å². The molecule has 0 fully saturated rings. The van der Waals surface area contributed by atoms with Gasteiger partial charge in [-0.15, -0.1) is 0 Å². The highest BCUT2D eigenvalue weighted by Gasteiger charge is 2.20. The smallest absolute Gasteiger partial charge is 0.295 e. The zero-order valence-electron chi connectivity index (χ0n) is 14.9. The minimum absolute atomic E-state index is 0.0368. The number of hydrogen-bond acceptors (Lipinski definition) is 5. The number of aryl methyl sites for hydroxylation is 1. The van der Waals surface area contributed by atoms with E-state index in [1.165, 1.54) is 11.6 Å². The Labute approximate surface area is 156 Å². The number of rotatable bonds is 3. The van der Waals surface area contributed by atoms with Gasteiger partial charge in [-0.3, -0.25) is 10.1 Å². The number of non-ortho nitro benzene ring substituents is 1. The number of anilines is 1. The van der Waals surface area contributed by atoms with Crippen LogP contribution in [0.1, 0.15) is 17.7 Å². The first-order valence-electron chi connectivity index (χ1n) is 8.81. The van der Waals surface area contributed by atoms with Gasteiger partial charge in [0.25, 0.3) is 5.69 Å². The lowest BCUT2D eigenvalue weighted by Crippen LogP contribution is -2.28. The molecule has 0 radical (unpaired) electrons. The quantitative estimate of drug-likeness (QED) is 0.551. The molecule has 1 aromatic heterocycles. The SMILES string of the molecule is Cc1cc(N2CC=C(c3ccc(O)cc3)CC2)c2cccc([N+](=O)[O-])c2n1. The second-order valence-corrected chi connectivity index (χ2v) is 6.69. The number of hydrogen-bond donors (Lipinski definition) is 1. The van der Waals surface area contributed by atoms with Crippen molar-refractivity contribution in [3.8, 4) is 5.75 Å². The van der Waals surface area contributed by atoms with Gasteiger partial charge in [-0.25, -0.2) is 4.98 Å². The first kappa shape index (κ1) is 17.0. The molecule has 6 heteroatoms. The standard InChI is InChI=1S/C21H19N3O3/c1-14-13-20(18-3-2-4-19(24(26)27)21(18)22-14)23-11-9-16(10-12-23)15-5-7-17(25)8-6-15/h2-9,13,25H,10-12H2,1H3. The van der Waals surface area contributed by atoms with Crippen LogP contribution in [0, 0.1) is 17.0 Å². The molecule has 6 nitrogen and oxygen atoms in total. The highest BCUT2D eigenvalue weighted by Crippen LogP contribution is 2.34. The highest BCUT2D eigenvalue weighted by molar-refractivity contribution is 5.97. The van der Waals surface area contributed by atoms with E-state index in [-0.39, 0.29) is 16.4 Å². The molecule has 0 aliphatic carbocycles. The summed E-state index contributed by atoms with van der Waals surface area (Å²) >= 11 is 0. The van der Waals surface area contributed by atoms with Crippen LogP contribution in [0.4, 0.5) is 11.4 Å². The lowest BCUT2D eigenvalue weighted by atomic mass is 9.98. The fraction of sp³-hybridized carbons (Fsp3) is 0.190. The van der Waals surface area contributed by atoms with Crippen LogP contribution in [-0.4, -0.2) is 28.1 Å². The Morgan fingerprint density at radius 3 is 2.63 bits per heavy atom. The summed E-state index contributed by atoms with van der Waals surface area (Å²) in [6.07, 6.45) is 3.04. The summed E-state index contributed by atoms with van der Waals surface area (Å²) in [5.74, 6) is 0.261. The molecule has 1 aliphatic heterocycles. The van der Waals surface area contributed by atoms with E-state index in [9.17, 15) is 15.2 Å². The van der Waals surface area contributed by atoms with Crippen LogP contribution in [0.25, 0.3) is 16.5 Å². The van der Waals surface area contributed by atoms with Crippen molar-refractivity contribution in [2.45, 2.75) is 13.3 Å². The summed E-state index contributed by atoms with van der Waals surface area (Å²) in [7, 11) is 0. The molecule has 1 N–H and O–H groups in total. The summed E-state index contributed by atoms with van der Waals surface area (Å²) in [4.78, 5) is 17.6. The second-order valence-electron chi connectivity index (χ2n) is 6.69. The average Bonchev–Trinajstić information content (AvgIpc) is 2.67. The lowest BCUT2D eigenvalue weighted by Gasteiger charge is -2.29. The molecule has 0 spiro atoms. The first-order chi connectivity index (χ1) is 13.0. The molecule has 3 aromatic rings. The summed E-state index contributed by atoms with van der Waals surface area (Å²) < 4.78 is 0. The van der Waals surface area contributed by atoms with Gasteiger partial charge in [0.2, 0.25) is 0 Å². The number of aromatic nitrogens is 1. The zero-order valence-corrected chi connectivity index (χ0v) is 14.9. The Balaban J connectivity index is 1.70. The fourth-order valence-corrected chi connectivity index (χ4v) is 3.57. The van der Waals surface area contributed by atoms with Gasteiger partial charge < -0.3 is 10.0 Å². The minimum atomic E-state index is -0.377. The number of para-hydroxylation sites is 1. The number of pyridine rings is 1. The van der Waals surface area contributed by atoms with Crippen molar-refractivity contribution in [1.29, 1.82) is 0 Å². The molecule has 0 bridgehead atoms. The average molecular weight is 361 g/mol. The van der Waals surface area contributed by atoms with Crippen molar-refractivity contribution in [1.82, 2.24) is 4.98 Å². The molecule has 0 saturated heterocycles. The van der Waals surface area contributed by atoms with Gasteiger partial charge in [0, 0.05) is 35.9 Å². The first-order valence-corrected chi connectivity index (χ1v) is 8.81. The van der Waals surface area contributed by atoms with E-state index in [0.29, 0.717) is 5.52 Å². The largest absolute Gasteiger partial charge is 0.508 e. The third-order valence-corrected chi connectivity index (χ3v) is 4.91. The monoisotopic (exact) mass is 361 g/mol. The van der Waals surface area contributed by atoms with Crippen molar-refractivity contribution >= 4 is 27.9 Å². The maximum atomic E-state index is 11.4. The van der Waals surface area contributed by atoms with E-state index in [2.05, 4.69) is 16.0 Å². The van der Waals surface area contributed by atoms with Crippen LogP contribution in [0.15, 0.2) is 54.6 Å². The Bertz CT molecular complexity index is 1060. The van der Waals surface area contributed by atoms with Crippen molar-refractivity contribution in [3.63, 3.8) is 0 Å². The Morgan fingerprint density at radius 2 is 1.96 bits per heavy atom. The summed E-state index contributed by atoms with van der Waals surface area (Å²) in [5.41, 5.74) is 4.56. The molecule has 0 saturated carbocycles. The van der Waals surface area contributed by atoms with Crippen molar-refractivity contribution in [2.24, 2.45) is 0 Å². The molecule has 0 unspecified atom stereocenters. The number of nitrogens with zero attached hydrogens (tertiary/aromatic N) is 3. The van der Waals surface area contributed by atoms with Gasteiger partial charge in [-0.2, -0.15) is 0 Å². The number of fused-ring (bicyclic) bond motifs is 1. The second kappa shape index (κ2) is 6.72. The molecular weight excluding hydrogens is 342 g/mol. The number of nitro benzene ring substituents is 1. The van der Waals surface area contributed by atoms with E-state index in [1.54, 1.807) is 18.2 Å². The van der Waals surface area contributed by atoms with Crippen molar-refractivity contribution in [2.75, 3.05) is 18.0 Å². The van der Waals surface area contributed by atoms with Crippen LogP contribution in [0.3, 0.4) is 0 Å². The number of phenolic OH excluding ortho intramolecular Hbond substituents is 1. The number of benzene rings is 2. The van der Waals surface area contributed by atoms with E-state index >= 15 is 0 Å². The number of phenols is 1. The fourth-order valence-electron chi connectivity index (χ4n) is 3.57. The van der Waals surface area contributed by atoms with E-state index < -0.39 is 0 Å².